The Labute approximate surface area is 120 Å². The van der Waals surface area contributed by atoms with Crippen LogP contribution in [0.2, 0.25) is 0 Å². The number of carbonyl (C=O) groups is 1. The lowest BCUT2D eigenvalue weighted by molar-refractivity contribution is 0.180. The summed E-state index contributed by atoms with van der Waals surface area (Å²) in [5.74, 6) is 0.458. The lowest BCUT2D eigenvalue weighted by Gasteiger charge is -2.31. The third-order valence-corrected chi connectivity index (χ3v) is 3.90. The Bertz CT molecular complexity index is 727. The van der Waals surface area contributed by atoms with Crippen LogP contribution in [0.1, 0.15) is 18.9 Å². The molecule has 0 radical (unpaired) electrons. The van der Waals surface area contributed by atoms with Crippen molar-refractivity contribution in [1.29, 1.82) is 0 Å². The third-order valence-electron chi connectivity index (χ3n) is 3.90. The summed E-state index contributed by atoms with van der Waals surface area (Å²) in [7, 11) is 1.53. The minimum atomic E-state index is -0.411. The van der Waals surface area contributed by atoms with Gasteiger partial charge in [-0.3, -0.25) is 9.55 Å². The summed E-state index contributed by atoms with van der Waals surface area (Å²) < 4.78 is 6.77. The smallest absolute Gasteiger partial charge is 0.327 e. The molecule has 112 valence electrons. The predicted octanol–water partition coefficient (Wildman–Crippen LogP) is 0.449. The maximum atomic E-state index is 12.2. The van der Waals surface area contributed by atoms with E-state index < -0.39 is 6.03 Å². The van der Waals surface area contributed by atoms with Crippen molar-refractivity contribution < 1.29 is 9.53 Å². The van der Waals surface area contributed by atoms with Crippen molar-refractivity contribution in [3.8, 4) is 5.88 Å². The van der Waals surface area contributed by atoms with Crippen molar-refractivity contribution in [1.82, 2.24) is 19.4 Å². The van der Waals surface area contributed by atoms with Crippen molar-refractivity contribution in [2.75, 3.05) is 20.2 Å². The molecule has 1 fully saturated rings. The van der Waals surface area contributed by atoms with Crippen LogP contribution in [-0.2, 0) is 0 Å². The van der Waals surface area contributed by atoms with Crippen LogP contribution in [0.3, 0.4) is 0 Å². The number of pyridine rings is 1. The number of nitrogens with zero attached hydrogens (tertiary/aromatic N) is 3. The summed E-state index contributed by atoms with van der Waals surface area (Å²) in [4.78, 5) is 31.9. The van der Waals surface area contributed by atoms with Crippen molar-refractivity contribution in [2.24, 2.45) is 5.73 Å². The van der Waals surface area contributed by atoms with E-state index in [4.69, 9.17) is 10.5 Å². The highest BCUT2D eigenvalue weighted by Crippen LogP contribution is 2.25. The van der Waals surface area contributed by atoms with Gasteiger partial charge in [-0.05, 0) is 18.9 Å². The van der Waals surface area contributed by atoms with Crippen molar-refractivity contribution in [3.05, 3.63) is 22.6 Å². The standard InChI is InChI=1S/C13H17N5O3/c1-21-10-3-2-9-11(15-10)16-13(20)18(9)8-4-6-17(7-5-8)12(14)19/h2-3,8H,4-7H2,1H3,(H2,14,19)(H,15,16,20). The van der Waals surface area contributed by atoms with E-state index in [0.29, 0.717) is 37.5 Å². The number of piperidine rings is 1. The molecule has 1 saturated heterocycles. The Hall–Kier alpha value is -2.51. The molecule has 1 aliphatic heterocycles. The number of methoxy groups -OCH3 is 1. The molecule has 0 aromatic carbocycles. The third kappa shape index (κ3) is 2.32. The zero-order valence-corrected chi connectivity index (χ0v) is 11.7. The zero-order valence-electron chi connectivity index (χ0n) is 11.7. The largest absolute Gasteiger partial charge is 0.481 e. The van der Waals surface area contributed by atoms with Crippen LogP contribution in [0.5, 0.6) is 5.88 Å². The quantitative estimate of drug-likeness (QED) is 0.837. The van der Waals surface area contributed by atoms with E-state index in [1.807, 2.05) is 6.07 Å². The van der Waals surface area contributed by atoms with E-state index in [-0.39, 0.29) is 11.7 Å². The second kappa shape index (κ2) is 5.12. The molecular weight excluding hydrogens is 274 g/mol. The monoisotopic (exact) mass is 291 g/mol. The molecule has 21 heavy (non-hydrogen) atoms. The average Bonchev–Trinajstić information content (AvgIpc) is 2.82. The highest BCUT2D eigenvalue weighted by atomic mass is 16.5. The number of aromatic nitrogens is 3. The number of nitrogens with two attached hydrogens (primary N) is 1. The number of imidazole rings is 1. The number of fused-ring (bicyclic) bond motifs is 1. The molecular formula is C13H17N5O3. The Morgan fingerprint density at radius 2 is 2.14 bits per heavy atom. The molecule has 3 N–H and O–H groups in total. The molecule has 0 spiro atoms. The number of ether oxygens (including phenoxy) is 1. The molecule has 2 aromatic heterocycles. The summed E-state index contributed by atoms with van der Waals surface area (Å²) in [6.07, 6.45) is 1.39. The van der Waals surface area contributed by atoms with E-state index >= 15 is 0 Å². The SMILES string of the molecule is COc1ccc2c(n1)[nH]c(=O)n2C1CCN(C(N)=O)CC1. The fourth-order valence-electron chi connectivity index (χ4n) is 2.81. The van der Waals surface area contributed by atoms with Gasteiger partial charge in [0.05, 0.1) is 12.6 Å². The van der Waals surface area contributed by atoms with Crippen molar-refractivity contribution in [2.45, 2.75) is 18.9 Å². The minimum Gasteiger partial charge on any atom is -0.481 e. The number of nitrogens with one attached hydrogen (secondary N) is 1. The maximum absolute atomic E-state index is 12.2. The van der Waals surface area contributed by atoms with Crippen molar-refractivity contribution >= 4 is 17.2 Å². The number of likely N-dealkylation sites (tertiary alicyclic amines) is 1. The normalized spacial score (nSPS) is 16.3. The van der Waals surface area contributed by atoms with Gasteiger partial charge in [-0.15, -0.1) is 0 Å². The van der Waals surface area contributed by atoms with Gasteiger partial charge in [0.2, 0.25) is 5.88 Å². The number of hydrogen-bond donors (Lipinski definition) is 2. The molecule has 0 saturated carbocycles. The first-order valence-corrected chi connectivity index (χ1v) is 6.80. The van der Waals surface area contributed by atoms with Gasteiger partial charge in [-0.25, -0.2) is 9.59 Å². The van der Waals surface area contributed by atoms with E-state index in [2.05, 4.69) is 9.97 Å². The molecule has 2 aromatic rings. The van der Waals surface area contributed by atoms with Crippen molar-refractivity contribution in [3.63, 3.8) is 0 Å². The van der Waals surface area contributed by atoms with E-state index in [1.165, 1.54) is 7.11 Å². The molecule has 0 aliphatic carbocycles. The second-order valence-electron chi connectivity index (χ2n) is 5.08. The summed E-state index contributed by atoms with van der Waals surface area (Å²) in [6, 6.07) is 3.17. The molecule has 8 nitrogen and oxygen atoms in total. The van der Waals surface area contributed by atoms with Crippen LogP contribution in [0.4, 0.5) is 4.79 Å². The first kappa shape index (κ1) is 13.5. The van der Waals surface area contributed by atoms with Crippen LogP contribution < -0.4 is 16.2 Å². The number of H-pyrrole nitrogens is 1. The highest BCUT2D eigenvalue weighted by molar-refractivity contribution is 5.72. The lowest BCUT2D eigenvalue weighted by atomic mass is 10.1. The Balaban J connectivity index is 1.92. The van der Waals surface area contributed by atoms with E-state index in [9.17, 15) is 9.59 Å². The number of urea groups is 1. The molecule has 0 bridgehead atoms. The topological polar surface area (TPSA) is 106 Å². The van der Waals surface area contributed by atoms with E-state index in [0.717, 1.165) is 5.52 Å². The molecule has 3 rings (SSSR count). The maximum Gasteiger partial charge on any atom is 0.327 e. The number of amides is 2. The summed E-state index contributed by atoms with van der Waals surface area (Å²) >= 11 is 0. The van der Waals surface area contributed by atoms with Gasteiger partial charge in [-0.2, -0.15) is 4.98 Å². The number of carbonyl (C=O) groups excluding carboxylic acids is 1. The van der Waals surface area contributed by atoms with Gasteiger partial charge in [0.1, 0.15) is 0 Å². The molecule has 1 aliphatic rings. The number of rotatable bonds is 2. The zero-order chi connectivity index (χ0) is 15.0. The first-order chi connectivity index (χ1) is 10.1. The van der Waals surface area contributed by atoms with Gasteiger partial charge >= 0.3 is 11.7 Å². The van der Waals surface area contributed by atoms with Crippen LogP contribution in [0.25, 0.3) is 11.2 Å². The summed E-state index contributed by atoms with van der Waals surface area (Å²) in [5.41, 5.74) is 6.34. The highest BCUT2D eigenvalue weighted by Gasteiger charge is 2.25. The van der Waals surface area contributed by atoms with Crippen LogP contribution in [-0.4, -0.2) is 45.7 Å². The van der Waals surface area contributed by atoms with Gasteiger partial charge in [0.15, 0.2) is 5.65 Å². The van der Waals surface area contributed by atoms with Gasteiger partial charge < -0.3 is 15.4 Å². The first-order valence-electron chi connectivity index (χ1n) is 6.80. The fourth-order valence-corrected chi connectivity index (χ4v) is 2.81. The molecule has 2 amide bonds. The van der Waals surface area contributed by atoms with Gasteiger partial charge in [0, 0.05) is 25.2 Å². The number of aromatic amines is 1. The van der Waals surface area contributed by atoms with Crippen LogP contribution in [0.15, 0.2) is 16.9 Å². The second-order valence-corrected chi connectivity index (χ2v) is 5.08. The fraction of sp³-hybridized carbons (Fsp3) is 0.462. The molecule has 0 unspecified atom stereocenters. The summed E-state index contributed by atoms with van der Waals surface area (Å²) in [5, 5.41) is 0. The molecule has 3 heterocycles. The van der Waals surface area contributed by atoms with Gasteiger partial charge in [-0.1, -0.05) is 0 Å². The number of primary amides is 1. The Morgan fingerprint density at radius 3 is 2.76 bits per heavy atom. The van der Waals surface area contributed by atoms with E-state index in [1.54, 1.807) is 15.5 Å². The Morgan fingerprint density at radius 1 is 1.43 bits per heavy atom. The molecule has 0 atom stereocenters. The Kier molecular flexibility index (Phi) is 3.28. The molecule has 8 heteroatoms. The predicted molar refractivity (Wildman–Crippen MR) is 76.3 cm³/mol. The van der Waals surface area contributed by atoms with Crippen LogP contribution >= 0.6 is 0 Å². The number of hydrogen-bond acceptors (Lipinski definition) is 4. The average molecular weight is 291 g/mol. The van der Waals surface area contributed by atoms with Gasteiger partial charge in [0.25, 0.3) is 0 Å². The van der Waals surface area contributed by atoms with Crippen LogP contribution in [0, 0.1) is 0 Å². The lowest BCUT2D eigenvalue weighted by Crippen LogP contribution is -2.43. The summed E-state index contributed by atoms with van der Waals surface area (Å²) in [6.45, 7) is 1.12. The minimum absolute atomic E-state index is 0.0389.